The lowest BCUT2D eigenvalue weighted by Crippen LogP contribution is -1.92. The van der Waals surface area contributed by atoms with Gasteiger partial charge in [-0.2, -0.15) is 5.26 Å². The highest BCUT2D eigenvalue weighted by Gasteiger charge is 2.17. The van der Waals surface area contributed by atoms with Crippen molar-refractivity contribution < 1.29 is 13.5 Å². The summed E-state index contributed by atoms with van der Waals surface area (Å²) in [5, 5.41) is 17.7. The zero-order valence-electron chi connectivity index (χ0n) is 6.23. The number of nitrogens with zero attached hydrogens (tertiary/aromatic N) is 1. The van der Waals surface area contributed by atoms with Crippen LogP contribution in [0.1, 0.15) is 5.56 Å². The zero-order valence-corrected chi connectivity index (χ0v) is 7.80. The van der Waals surface area contributed by atoms with Crippen molar-refractivity contribution in [1.29, 1.82) is 5.26 Å². The normalized spacial score (nSPS) is 10.8. The SMILES string of the molecule is N#Cc1cccc(S(=O)(=O)Cl)c1O. The molecule has 0 fully saturated rings. The molecule has 0 amide bonds. The van der Waals surface area contributed by atoms with Crippen LogP contribution in [0.5, 0.6) is 5.75 Å². The number of rotatable bonds is 1. The van der Waals surface area contributed by atoms with Gasteiger partial charge in [-0.05, 0) is 12.1 Å². The fourth-order valence-electron chi connectivity index (χ4n) is 0.809. The van der Waals surface area contributed by atoms with E-state index in [9.17, 15) is 13.5 Å². The Kier molecular flexibility index (Phi) is 2.45. The molecule has 1 aromatic rings. The first-order valence-electron chi connectivity index (χ1n) is 3.13. The van der Waals surface area contributed by atoms with Crippen molar-refractivity contribution in [3.63, 3.8) is 0 Å². The summed E-state index contributed by atoms with van der Waals surface area (Å²) < 4.78 is 21.6. The Morgan fingerprint density at radius 2 is 2.08 bits per heavy atom. The van der Waals surface area contributed by atoms with E-state index in [1.165, 1.54) is 12.1 Å². The molecular weight excluding hydrogens is 214 g/mol. The summed E-state index contributed by atoms with van der Waals surface area (Å²) in [6.07, 6.45) is 0. The molecule has 0 heterocycles. The first-order chi connectivity index (χ1) is 5.96. The van der Waals surface area contributed by atoms with Crippen molar-refractivity contribution in [3.05, 3.63) is 23.8 Å². The smallest absolute Gasteiger partial charge is 0.265 e. The number of hydrogen-bond donors (Lipinski definition) is 1. The van der Waals surface area contributed by atoms with E-state index in [2.05, 4.69) is 0 Å². The molecule has 1 aromatic carbocycles. The van der Waals surface area contributed by atoms with Gasteiger partial charge in [0.15, 0.2) is 5.75 Å². The second-order valence-electron chi connectivity index (χ2n) is 2.20. The number of para-hydroxylation sites is 1. The van der Waals surface area contributed by atoms with Gasteiger partial charge in [0.05, 0.1) is 5.56 Å². The number of nitriles is 1. The Labute approximate surface area is 79.4 Å². The van der Waals surface area contributed by atoms with E-state index < -0.39 is 19.7 Å². The Morgan fingerprint density at radius 3 is 2.54 bits per heavy atom. The minimum absolute atomic E-state index is 0.123. The van der Waals surface area contributed by atoms with Crippen molar-refractivity contribution in [1.82, 2.24) is 0 Å². The van der Waals surface area contributed by atoms with Crippen LogP contribution in [-0.4, -0.2) is 13.5 Å². The largest absolute Gasteiger partial charge is 0.505 e. The Hall–Kier alpha value is -1.25. The molecule has 6 heteroatoms. The van der Waals surface area contributed by atoms with Gasteiger partial charge in [-0.25, -0.2) is 8.42 Å². The van der Waals surface area contributed by atoms with Crippen LogP contribution in [0.3, 0.4) is 0 Å². The molecule has 0 aliphatic carbocycles. The Bertz CT molecular complexity index is 475. The average Bonchev–Trinajstić information content (AvgIpc) is 2.02. The van der Waals surface area contributed by atoms with Gasteiger partial charge in [0, 0.05) is 10.7 Å². The molecule has 0 radical (unpaired) electrons. The maximum Gasteiger partial charge on any atom is 0.265 e. The Morgan fingerprint density at radius 1 is 1.46 bits per heavy atom. The van der Waals surface area contributed by atoms with Crippen LogP contribution >= 0.6 is 10.7 Å². The summed E-state index contributed by atoms with van der Waals surface area (Å²) in [7, 11) is 1.00. The lowest BCUT2D eigenvalue weighted by atomic mass is 10.2. The van der Waals surface area contributed by atoms with Crippen molar-refractivity contribution in [3.8, 4) is 11.8 Å². The van der Waals surface area contributed by atoms with E-state index in [1.54, 1.807) is 6.07 Å². The average molecular weight is 218 g/mol. The predicted octanol–water partition coefficient (Wildman–Crippen LogP) is 1.19. The molecule has 0 aliphatic heterocycles. The molecule has 0 spiro atoms. The summed E-state index contributed by atoms with van der Waals surface area (Å²) in [6.45, 7) is 0. The topological polar surface area (TPSA) is 78.2 Å². The van der Waals surface area contributed by atoms with Gasteiger partial charge in [0.1, 0.15) is 11.0 Å². The molecular formula is C7H4ClNO3S. The van der Waals surface area contributed by atoms with Crippen LogP contribution in [0.15, 0.2) is 23.1 Å². The van der Waals surface area contributed by atoms with Gasteiger partial charge >= 0.3 is 0 Å². The quantitative estimate of drug-likeness (QED) is 0.717. The fraction of sp³-hybridized carbons (Fsp3) is 0. The van der Waals surface area contributed by atoms with E-state index in [0.29, 0.717) is 0 Å². The first kappa shape index (κ1) is 9.84. The highest BCUT2D eigenvalue weighted by molar-refractivity contribution is 8.13. The molecule has 0 aromatic heterocycles. The summed E-state index contributed by atoms with van der Waals surface area (Å²) in [4.78, 5) is -0.451. The molecule has 0 saturated heterocycles. The second kappa shape index (κ2) is 3.24. The molecule has 4 nitrogen and oxygen atoms in total. The Balaban J connectivity index is 3.53. The van der Waals surface area contributed by atoms with Crippen LogP contribution in [-0.2, 0) is 9.05 Å². The molecule has 68 valence electrons. The van der Waals surface area contributed by atoms with E-state index in [-0.39, 0.29) is 5.56 Å². The van der Waals surface area contributed by atoms with Crippen LogP contribution in [0.25, 0.3) is 0 Å². The van der Waals surface area contributed by atoms with Crippen molar-refractivity contribution in [2.24, 2.45) is 0 Å². The van der Waals surface area contributed by atoms with Crippen LogP contribution in [0.2, 0.25) is 0 Å². The van der Waals surface area contributed by atoms with Crippen molar-refractivity contribution in [2.45, 2.75) is 4.90 Å². The van der Waals surface area contributed by atoms with E-state index in [1.807, 2.05) is 0 Å². The van der Waals surface area contributed by atoms with Gasteiger partial charge in [-0.1, -0.05) is 6.07 Å². The number of hydrogen-bond acceptors (Lipinski definition) is 4. The number of halogens is 1. The standard InChI is InChI=1S/C7H4ClNO3S/c8-13(11,12)6-3-1-2-5(4-9)7(6)10/h1-3,10H. The van der Waals surface area contributed by atoms with E-state index >= 15 is 0 Å². The highest BCUT2D eigenvalue weighted by atomic mass is 35.7. The predicted molar refractivity (Wildman–Crippen MR) is 45.9 cm³/mol. The number of aromatic hydroxyl groups is 1. The van der Waals surface area contributed by atoms with Gasteiger partial charge in [-0.15, -0.1) is 0 Å². The third kappa shape index (κ3) is 1.91. The minimum atomic E-state index is -3.99. The van der Waals surface area contributed by atoms with Crippen molar-refractivity contribution >= 4 is 19.7 Å². The van der Waals surface area contributed by atoms with Gasteiger partial charge in [-0.3, -0.25) is 0 Å². The molecule has 0 atom stereocenters. The highest BCUT2D eigenvalue weighted by Crippen LogP contribution is 2.28. The zero-order chi connectivity index (χ0) is 10.1. The van der Waals surface area contributed by atoms with Gasteiger partial charge in [0.25, 0.3) is 9.05 Å². The minimum Gasteiger partial charge on any atom is -0.505 e. The molecule has 1 rings (SSSR count). The summed E-state index contributed by atoms with van der Waals surface area (Å²) in [5.41, 5.74) is -0.123. The summed E-state index contributed by atoms with van der Waals surface area (Å²) >= 11 is 0. The number of phenols is 1. The lowest BCUT2D eigenvalue weighted by Gasteiger charge is -2.00. The van der Waals surface area contributed by atoms with Crippen LogP contribution in [0, 0.1) is 11.3 Å². The fourth-order valence-corrected chi connectivity index (χ4v) is 1.76. The molecule has 0 saturated carbocycles. The summed E-state index contributed by atoms with van der Waals surface area (Å²) in [6, 6.07) is 5.38. The molecule has 1 N–H and O–H groups in total. The monoisotopic (exact) mass is 217 g/mol. The summed E-state index contributed by atoms with van der Waals surface area (Å²) in [5.74, 6) is -0.611. The second-order valence-corrected chi connectivity index (χ2v) is 4.74. The third-order valence-corrected chi connectivity index (χ3v) is 2.74. The van der Waals surface area contributed by atoms with Crippen LogP contribution < -0.4 is 0 Å². The maximum absolute atomic E-state index is 10.8. The molecule has 13 heavy (non-hydrogen) atoms. The number of benzene rings is 1. The van der Waals surface area contributed by atoms with Gasteiger partial charge in [0.2, 0.25) is 0 Å². The lowest BCUT2D eigenvalue weighted by molar-refractivity contribution is 0.458. The van der Waals surface area contributed by atoms with E-state index in [0.717, 1.165) is 6.07 Å². The molecule has 0 bridgehead atoms. The van der Waals surface area contributed by atoms with E-state index in [4.69, 9.17) is 15.9 Å². The van der Waals surface area contributed by atoms with Crippen molar-refractivity contribution in [2.75, 3.05) is 0 Å². The third-order valence-electron chi connectivity index (χ3n) is 1.38. The molecule has 0 unspecified atom stereocenters. The first-order valence-corrected chi connectivity index (χ1v) is 5.44. The molecule has 0 aliphatic rings. The number of phenolic OH excluding ortho intramolecular Hbond substituents is 1. The van der Waals surface area contributed by atoms with Crippen LogP contribution in [0.4, 0.5) is 0 Å². The van der Waals surface area contributed by atoms with Gasteiger partial charge < -0.3 is 5.11 Å². The maximum atomic E-state index is 10.8.